The average molecular weight is 376 g/mol. The largest absolute Gasteiger partial charge is 0.493 e. The van der Waals surface area contributed by atoms with Crippen LogP contribution in [0.5, 0.6) is 11.5 Å². The maximum atomic E-state index is 12.2. The predicted molar refractivity (Wildman–Crippen MR) is 109 cm³/mol. The van der Waals surface area contributed by atoms with Gasteiger partial charge in [-0.05, 0) is 78.7 Å². The molecule has 5 rings (SSSR count). The molecule has 2 aromatic carbocycles. The zero-order chi connectivity index (χ0) is 19.1. The molecule has 2 fully saturated rings. The Balaban J connectivity index is 1.41. The fourth-order valence-electron chi connectivity index (χ4n) is 6.00. The molecule has 0 saturated heterocycles. The number of hydrogen-bond acceptors (Lipinski definition) is 3. The summed E-state index contributed by atoms with van der Waals surface area (Å²) in [6.45, 7) is 0.550. The zero-order valence-electron chi connectivity index (χ0n) is 16.5. The Morgan fingerprint density at radius 2 is 1.64 bits per heavy atom. The molecule has 146 valence electrons. The molecular weight excluding hydrogens is 348 g/mol. The Hall–Kier alpha value is -2.29. The molecule has 0 spiro atoms. The van der Waals surface area contributed by atoms with E-state index in [0.29, 0.717) is 36.1 Å². The SMILES string of the molecule is COc1cc2c(cc1OCc1ccccc1)CCC1C2CCC2C(=O)CCC21. The summed E-state index contributed by atoms with van der Waals surface area (Å²) < 4.78 is 11.8. The van der Waals surface area contributed by atoms with E-state index in [4.69, 9.17) is 9.47 Å². The summed E-state index contributed by atoms with van der Waals surface area (Å²) in [7, 11) is 1.73. The van der Waals surface area contributed by atoms with Crippen molar-refractivity contribution in [2.45, 2.75) is 51.0 Å². The van der Waals surface area contributed by atoms with Gasteiger partial charge in [0.1, 0.15) is 12.4 Å². The first-order valence-corrected chi connectivity index (χ1v) is 10.6. The molecule has 4 unspecified atom stereocenters. The van der Waals surface area contributed by atoms with Crippen molar-refractivity contribution in [2.24, 2.45) is 17.8 Å². The highest BCUT2D eigenvalue weighted by Crippen LogP contribution is 2.55. The van der Waals surface area contributed by atoms with Crippen LogP contribution in [0, 0.1) is 17.8 Å². The van der Waals surface area contributed by atoms with E-state index in [2.05, 4.69) is 24.3 Å². The van der Waals surface area contributed by atoms with Crippen molar-refractivity contribution in [1.82, 2.24) is 0 Å². The normalized spacial score (nSPS) is 28.2. The van der Waals surface area contributed by atoms with Gasteiger partial charge in [0.2, 0.25) is 0 Å². The van der Waals surface area contributed by atoms with E-state index in [1.807, 2.05) is 18.2 Å². The number of benzene rings is 2. The molecule has 0 N–H and O–H groups in total. The van der Waals surface area contributed by atoms with Crippen LogP contribution in [0.25, 0.3) is 0 Å². The Bertz CT molecular complexity index is 873. The second-order valence-corrected chi connectivity index (χ2v) is 8.64. The number of hydrogen-bond donors (Lipinski definition) is 0. The molecule has 0 amide bonds. The van der Waals surface area contributed by atoms with Gasteiger partial charge in [-0.15, -0.1) is 0 Å². The van der Waals surface area contributed by atoms with E-state index < -0.39 is 0 Å². The standard InChI is InChI=1S/C25H28O3/c1-27-24-14-22-17(13-25(24)28-15-16-5-3-2-4-6-16)7-8-18-19-11-12-23(26)21(19)10-9-20(18)22/h2-6,13-14,18-21H,7-12,15H2,1H3. The van der Waals surface area contributed by atoms with Crippen LogP contribution in [0.3, 0.4) is 0 Å². The van der Waals surface area contributed by atoms with Crippen molar-refractivity contribution in [3.8, 4) is 11.5 Å². The first-order chi connectivity index (χ1) is 13.7. The summed E-state index contributed by atoms with van der Waals surface area (Å²) >= 11 is 0. The monoisotopic (exact) mass is 376 g/mol. The molecule has 2 aromatic rings. The van der Waals surface area contributed by atoms with Gasteiger partial charge in [-0.1, -0.05) is 30.3 Å². The number of aryl methyl sites for hydroxylation is 1. The van der Waals surface area contributed by atoms with Gasteiger partial charge in [0.05, 0.1) is 7.11 Å². The number of ether oxygens (including phenoxy) is 2. The summed E-state index contributed by atoms with van der Waals surface area (Å²) in [6.07, 6.45) is 6.41. The Morgan fingerprint density at radius 1 is 0.893 bits per heavy atom. The summed E-state index contributed by atoms with van der Waals surface area (Å²) in [4.78, 5) is 12.2. The highest BCUT2D eigenvalue weighted by atomic mass is 16.5. The van der Waals surface area contributed by atoms with Crippen LogP contribution in [0.1, 0.15) is 54.7 Å². The lowest BCUT2D eigenvalue weighted by molar-refractivity contribution is -0.122. The van der Waals surface area contributed by atoms with E-state index in [1.54, 1.807) is 7.11 Å². The van der Waals surface area contributed by atoms with Gasteiger partial charge in [0, 0.05) is 12.3 Å². The lowest BCUT2D eigenvalue weighted by atomic mass is 9.61. The smallest absolute Gasteiger partial charge is 0.161 e. The lowest BCUT2D eigenvalue weighted by Gasteiger charge is -2.43. The van der Waals surface area contributed by atoms with Gasteiger partial charge in [0.15, 0.2) is 11.5 Å². The number of carbonyl (C=O) groups is 1. The van der Waals surface area contributed by atoms with Crippen LogP contribution in [0.15, 0.2) is 42.5 Å². The van der Waals surface area contributed by atoms with Crippen LogP contribution >= 0.6 is 0 Å². The van der Waals surface area contributed by atoms with E-state index in [0.717, 1.165) is 49.2 Å². The topological polar surface area (TPSA) is 35.5 Å². The van der Waals surface area contributed by atoms with Crippen LogP contribution < -0.4 is 9.47 Å². The first-order valence-electron chi connectivity index (χ1n) is 10.6. The maximum absolute atomic E-state index is 12.2. The van der Waals surface area contributed by atoms with Crippen LogP contribution in [-0.2, 0) is 17.8 Å². The number of carbonyl (C=O) groups excluding carboxylic acids is 1. The minimum Gasteiger partial charge on any atom is -0.493 e. The van der Waals surface area contributed by atoms with Crippen LogP contribution in [0.2, 0.25) is 0 Å². The Labute approximate surface area is 167 Å². The highest BCUT2D eigenvalue weighted by Gasteiger charge is 2.47. The Kier molecular flexibility index (Phi) is 4.62. The fraction of sp³-hybridized carbons (Fsp3) is 0.480. The van der Waals surface area contributed by atoms with E-state index in [1.165, 1.54) is 17.5 Å². The van der Waals surface area contributed by atoms with Crippen molar-refractivity contribution < 1.29 is 14.3 Å². The van der Waals surface area contributed by atoms with E-state index >= 15 is 0 Å². The second kappa shape index (κ2) is 7.27. The number of methoxy groups -OCH3 is 1. The zero-order valence-corrected chi connectivity index (χ0v) is 16.5. The van der Waals surface area contributed by atoms with Crippen LogP contribution in [0.4, 0.5) is 0 Å². The van der Waals surface area contributed by atoms with Crippen molar-refractivity contribution in [1.29, 1.82) is 0 Å². The molecule has 3 aliphatic carbocycles. The molecule has 0 bridgehead atoms. The summed E-state index contributed by atoms with van der Waals surface area (Å²) in [5, 5.41) is 0. The third-order valence-corrected chi connectivity index (χ3v) is 7.32. The van der Waals surface area contributed by atoms with E-state index in [-0.39, 0.29) is 0 Å². The molecule has 3 aliphatic rings. The van der Waals surface area contributed by atoms with Crippen molar-refractivity contribution in [2.75, 3.05) is 7.11 Å². The molecule has 2 saturated carbocycles. The molecule has 3 nitrogen and oxygen atoms in total. The Morgan fingerprint density at radius 3 is 2.46 bits per heavy atom. The molecule has 28 heavy (non-hydrogen) atoms. The average Bonchev–Trinajstić information content (AvgIpc) is 3.13. The van der Waals surface area contributed by atoms with Crippen molar-refractivity contribution in [3.63, 3.8) is 0 Å². The molecule has 3 heteroatoms. The molecular formula is C25H28O3. The van der Waals surface area contributed by atoms with E-state index in [9.17, 15) is 4.79 Å². The number of Topliss-reactive ketones (excluding diaryl/α,β-unsaturated/α-hetero) is 1. The number of rotatable bonds is 4. The lowest BCUT2D eigenvalue weighted by Crippen LogP contribution is -2.35. The van der Waals surface area contributed by atoms with Gasteiger partial charge in [0.25, 0.3) is 0 Å². The van der Waals surface area contributed by atoms with Crippen molar-refractivity contribution in [3.05, 3.63) is 59.2 Å². The summed E-state index contributed by atoms with van der Waals surface area (Å²) in [5.74, 6) is 4.40. The highest BCUT2D eigenvalue weighted by molar-refractivity contribution is 5.83. The van der Waals surface area contributed by atoms with Gasteiger partial charge < -0.3 is 9.47 Å². The maximum Gasteiger partial charge on any atom is 0.161 e. The molecule has 0 aliphatic heterocycles. The summed E-state index contributed by atoms with van der Waals surface area (Å²) in [5.41, 5.74) is 4.01. The van der Waals surface area contributed by atoms with Crippen molar-refractivity contribution >= 4 is 5.78 Å². The minimum atomic E-state index is 0.346. The molecule has 0 radical (unpaired) electrons. The molecule has 4 atom stereocenters. The van der Waals surface area contributed by atoms with Gasteiger partial charge in [-0.3, -0.25) is 4.79 Å². The second-order valence-electron chi connectivity index (χ2n) is 8.64. The van der Waals surface area contributed by atoms with Crippen LogP contribution in [-0.4, -0.2) is 12.9 Å². The number of ketones is 1. The summed E-state index contributed by atoms with van der Waals surface area (Å²) in [6, 6.07) is 14.7. The first kappa shape index (κ1) is 17.8. The molecule has 0 heterocycles. The molecule has 0 aromatic heterocycles. The van der Waals surface area contributed by atoms with Gasteiger partial charge >= 0.3 is 0 Å². The predicted octanol–water partition coefficient (Wildman–Crippen LogP) is 5.31. The van der Waals surface area contributed by atoms with Gasteiger partial charge in [-0.25, -0.2) is 0 Å². The minimum absolute atomic E-state index is 0.346. The quantitative estimate of drug-likeness (QED) is 0.725. The third kappa shape index (κ3) is 3.01. The third-order valence-electron chi connectivity index (χ3n) is 7.32. The number of fused-ring (bicyclic) bond motifs is 5. The fourth-order valence-corrected chi connectivity index (χ4v) is 6.00. The van der Waals surface area contributed by atoms with Gasteiger partial charge in [-0.2, -0.15) is 0 Å².